The Morgan fingerprint density at radius 3 is 2.52 bits per heavy atom. The van der Waals surface area contributed by atoms with Crippen LogP contribution < -0.4 is 10.1 Å². The van der Waals surface area contributed by atoms with Crippen LogP contribution in [0.5, 0.6) is 11.5 Å². The SMILES string of the molecule is COc1ccc(C(C)(C)C)cc1NCc1ccc(O)cn1. The Hall–Kier alpha value is -2.23. The molecule has 1 heterocycles. The third-order valence-electron chi connectivity index (χ3n) is 3.33. The summed E-state index contributed by atoms with van der Waals surface area (Å²) in [5.74, 6) is 0.979. The third kappa shape index (κ3) is 3.88. The van der Waals surface area contributed by atoms with E-state index in [1.165, 1.54) is 11.8 Å². The summed E-state index contributed by atoms with van der Waals surface area (Å²) < 4.78 is 5.40. The maximum Gasteiger partial charge on any atom is 0.141 e. The largest absolute Gasteiger partial charge is 0.506 e. The van der Waals surface area contributed by atoms with Gasteiger partial charge in [0.1, 0.15) is 11.5 Å². The molecule has 2 N–H and O–H groups in total. The Morgan fingerprint density at radius 1 is 1.19 bits per heavy atom. The molecule has 1 aromatic carbocycles. The number of nitrogens with zero attached hydrogens (tertiary/aromatic N) is 1. The van der Waals surface area contributed by atoms with Crippen molar-refractivity contribution in [2.75, 3.05) is 12.4 Å². The highest BCUT2D eigenvalue weighted by molar-refractivity contribution is 5.59. The van der Waals surface area contributed by atoms with Crippen LogP contribution in [0.4, 0.5) is 5.69 Å². The predicted molar refractivity (Wildman–Crippen MR) is 84.9 cm³/mol. The maximum atomic E-state index is 9.25. The second kappa shape index (κ2) is 6.04. The van der Waals surface area contributed by atoms with Gasteiger partial charge >= 0.3 is 0 Å². The van der Waals surface area contributed by atoms with E-state index in [1.807, 2.05) is 6.07 Å². The number of nitrogens with one attached hydrogen (secondary N) is 1. The van der Waals surface area contributed by atoms with Gasteiger partial charge in [0.2, 0.25) is 0 Å². The van der Waals surface area contributed by atoms with Gasteiger partial charge in [0.05, 0.1) is 31.2 Å². The Labute approximate surface area is 125 Å². The van der Waals surface area contributed by atoms with E-state index in [-0.39, 0.29) is 11.2 Å². The number of benzene rings is 1. The lowest BCUT2D eigenvalue weighted by molar-refractivity contribution is 0.416. The van der Waals surface area contributed by atoms with Gasteiger partial charge in [-0.1, -0.05) is 26.8 Å². The van der Waals surface area contributed by atoms with Crippen molar-refractivity contribution < 1.29 is 9.84 Å². The van der Waals surface area contributed by atoms with Crippen LogP contribution in [-0.2, 0) is 12.0 Å². The molecule has 2 rings (SSSR count). The van der Waals surface area contributed by atoms with Crippen molar-refractivity contribution in [1.29, 1.82) is 0 Å². The first-order chi connectivity index (χ1) is 9.90. The minimum atomic E-state index is 0.0828. The van der Waals surface area contributed by atoms with E-state index in [4.69, 9.17) is 4.74 Å². The molecule has 0 aliphatic heterocycles. The Bertz CT molecular complexity index is 601. The van der Waals surface area contributed by atoms with E-state index >= 15 is 0 Å². The topological polar surface area (TPSA) is 54.4 Å². The van der Waals surface area contributed by atoms with Crippen LogP contribution in [-0.4, -0.2) is 17.2 Å². The van der Waals surface area contributed by atoms with Crippen LogP contribution in [0.15, 0.2) is 36.5 Å². The standard InChI is InChI=1S/C17H22N2O2/c1-17(2,3)12-5-8-16(21-4)15(9-12)19-10-13-6-7-14(20)11-18-13/h5-9,11,19-20H,10H2,1-4H3. The van der Waals surface area contributed by atoms with Gasteiger partial charge in [-0.05, 0) is 35.2 Å². The van der Waals surface area contributed by atoms with Crippen molar-refractivity contribution in [3.05, 3.63) is 47.8 Å². The zero-order valence-corrected chi connectivity index (χ0v) is 13.0. The highest BCUT2D eigenvalue weighted by Crippen LogP contribution is 2.31. The summed E-state index contributed by atoms with van der Waals surface area (Å²) in [5.41, 5.74) is 3.12. The van der Waals surface area contributed by atoms with E-state index in [0.29, 0.717) is 6.54 Å². The third-order valence-corrected chi connectivity index (χ3v) is 3.33. The van der Waals surface area contributed by atoms with Gasteiger partial charge in [0.15, 0.2) is 0 Å². The van der Waals surface area contributed by atoms with Crippen LogP contribution >= 0.6 is 0 Å². The summed E-state index contributed by atoms with van der Waals surface area (Å²) in [4.78, 5) is 4.17. The molecule has 2 aromatic rings. The molecule has 0 atom stereocenters. The first-order valence-corrected chi connectivity index (χ1v) is 6.96. The van der Waals surface area contributed by atoms with E-state index in [9.17, 15) is 5.11 Å². The molecule has 4 nitrogen and oxygen atoms in total. The molecule has 0 amide bonds. The number of aromatic hydroxyl groups is 1. The number of hydrogen-bond acceptors (Lipinski definition) is 4. The zero-order valence-electron chi connectivity index (χ0n) is 13.0. The number of methoxy groups -OCH3 is 1. The van der Waals surface area contributed by atoms with Crippen LogP contribution in [0, 0.1) is 0 Å². The van der Waals surface area contributed by atoms with Crippen molar-refractivity contribution >= 4 is 5.69 Å². The molecule has 0 saturated carbocycles. The molecule has 0 spiro atoms. The van der Waals surface area contributed by atoms with Gasteiger partial charge in [-0.25, -0.2) is 0 Å². The quantitative estimate of drug-likeness (QED) is 0.899. The second-order valence-electron chi connectivity index (χ2n) is 6.03. The van der Waals surface area contributed by atoms with Crippen molar-refractivity contribution in [2.45, 2.75) is 32.7 Å². The van der Waals surface area contributed by atoms with Gasteiger partial charge in [-0.15, -0.1) is 0 Å². The molecule has 0 aliphatic rings. The van der Waals surface area contributed by atoms with Crippen molar-refractivity contribution in [1.82, 2.24) is 4.98 Å². The van der Waals surface area contributed by atoms with Gasteiger partial charge in [0, 0.05) is 0 Å². The van der Waals surface area contributed by atoms with E-state index < -0.39 is 0 Å². The fourth-order valence-electron chi connectivity index (χ4n) is 2.02. The number of anilines is 1. The van der Waals surface area contributed by atoms with E-state index in [0.717, 1.165) is 17.1 Å². The molecule has 0 fully saturated rings. The van der Waals surface area contributed by atoms with Crippen LogP contribution in [0.25, 0.3) is 0 Å². The van der Waals surface area contributed by atoms with Crippen LogP contribution in [0.1, 0.15) is 32.0 Å². The summed E-state index contributed by atoms with van der Waals surface area (Å²) in [7, 11) is 1.66. The molecule has 112 valence electrons. The molecule has 21 heavy (non-hydrogen) atoms. The number of rotatable bonds is 4. The normalized spacial score (nSPS) is 11.2. The molecule has 4 heteroatoms. The lowest BCUT2D eigenvalue weighted by atomic mass is 9.87. The molecule has 0 bridgehead atoms. The van der Waals surface area contributed by atoms with Gasteiger partial charge in [-0.3, -0.25) is 4.98 Å². The van der Waals surface area contributed by atoms with Gasteiger partial charge in [-0.2, -0.15) is 0 Å². The van der Waals surface area contributed by atoms with Crippen LogP contribution in [0.3, 0.4) is 0 Å². The monoisotopic (exact) mass is 286 g/mol. The number of hydrogen-bond donors (Lipinski definition) is 2. The van der Waals surface area contributed by atoms with Crippen molar-refractivity contribution in [3.8, 4) is 11.5 Å². The minimum Gasteiger partial charge on any atom is -0.506 e. The van der Waals surface area contributed by atoms with Crippen molar-refractivity contribution in [3.63, 3.8) is 0 Å². The number of aromatic nitrogens is 1. The molecular weight excluding hydrogens is 264 g/mol. The van der Waals surface area contributed by atoms with E-state index in [1.54, 1.807) is 19.2 Å². The summed E-state index contributed by atoms with van der Waals surface area (Å²) in [6.45, 7) is 7.12. The van der Waals surface area contributed by atoms with Crippen molar-refractivity contribution in [2.24, 2.45) is 0 Å². The summed E-state index contributed by atoms with van der Waals surface area (Å²) in [5, 5.41) is 12.6. The maximum absolute atomic E-state index is 9.25. The average Bonchev–Trinajstić information content (AvgIpc) is 2.45. The lowest BCUT2D eigenvalue weighted by Crippen LogP contribution is -2.12. The van der Waals surface area contributed by atoms with E-state index in [2.05, 4.69) is 43.2 Å². The molecule has 0 aliphatic carbocycles. The number of pyridine rings is 1. The Morgan fingerprint density at radius 2 is 1.95 bits per heavy atom. The minimum absolute atomic E-state index is 0.0828. The zero-order chi connectivity index (χ0) is 15.5. The molecule has 0 unspecified atom stereocenters. The second-order valence-corrected chi connectivity index (χ2v) is 6.03. The first kappa shape index (κ1) is 15.2. The molecule has 0 saturated heterocycles. The Balaban J connectivity index is 2.19. The van der Waals surface area contributed by atoms with Gasteiger partial charge < -0.3 is 15.2 Å². The average molecular weight is 286 g/mol. The van der Waals surface area contributed by atoms with Crippen LogP contribution in [0.2, 0.25) is 0 Å². The highest BCUT2D eigenvalue weighted by atomic mass is 16.5. The Kier molecular flexibility index (Phi) is 4.36. The first-order valence-electron chi connectivity index (χ1n) is 6.96. The lowest BCUT2D eigenvalue weighted by Gasteiger charge is -2.21. The molecule has 1 aromatic heterocycles. The fraction of sp³-hybridized carbons (Fsp3) is 0.353. The van der Waals surface area contributed by atoms with Gasteiger partial charge in [0.25, 0.3) is 0 Å². The molecule has 0 radical (unpaired) electrons. The summed E-state index contributed by atoms with van der Waals surface area (Å²) in [6, 6.07) is 9.60. The predicted octanol–water partition coefficient (Wildman–Crippen LogP) is 3.71. The highest BCUT2D eigenvalue weighted by Gasteiger charge is 2.15. The smallest absolute Gasteiger partial charge is 0.141 e. The summed E-state index contributed by atoms with van der Waals surface area (Å²) in [6.07, 6.45) is 1.44. The molecular formula is C17H22N2O2. The number of ether oxygens (including phenoxy) is 1. The fourth-order valence-corrected chi connectivity index (χ4v) is 2.02. The summed E-state index contributed by atoms with van der Waals surface area (Å²) >= 11 is 0.